The van der Waals surface area contributed by atoms with Gasteiger partial charge in [-0.15, -0.1) is 0 Å². The molecule has 2 aliphatic rings. The van der Waals surface area contributed by atoms with E-state index in [-0.39, 0.29) is 30.2 Å². The number of carbonyl (C=O) groups excluding carboxylic acids is 2. The third kappa shape index (κ3) is 4.54. The van der Waals surface area contributed by atoms with E-state index >= 15 is 0 Å². The van der Waals surface area contributed by atoms with Crippen molar-refractivity contribution in [2.45, 2.75) is 32.2 Å². The first-order valence-corrected chi connectivity index (χ1v) is 11.4. The van der Waals surface area contributed by atoms with Gasteiger partial charge in [-0.3, -0.25) is 9.59 Å². The first kappa shape index (κ1) is 22.0. The average molecular weight is 438 g/mol. The van der Waals surface area contributed by atoms with Gasteiger partial charge < -0.3 is 19.4 Å². The highest BCUT2D eigenvalue weighted by Crippen LogP contribution is 2.40. The molecule has 2 atom stereocenters. The Hall–Kier alpha value is -3.16. The number of unbranched alkanes of at least 4 members (excludes halogenated alkanes) is 1. The molecule has 2 aliphatic heterocycles. The highest BCUT2D eigenvalue weighted by atomic mass is 16.5. The molecule has 170 valence electrons. The number of aromatic nitrogens is 2. The summed E-state index contributed by atoms with van der Waals surface area (Å²) in [6, 6.07) is 9.32. The van der Waals surface area contributed by atoms with E-state index in [1.807, 2.05) is 34.1 Å². The summed E-state index contributed by atoms with van der Waals surface area (Å²) in [6.07, 6.45) is 5.65. The van der Waals surface area contributed by atoms with Gasteiger partial charge in [0.1, 0.15) is 5.75 Å². The van der Waals surface area contributed by atoms with Gasteiger partial charge in [-0.1, -0.05) is 25.5 Å². The van der Waals surface area contributed by atoms with Crippen molar-refractivity contribution in [3.05, 3.63) is 48.3 Å². The van der Waals surface area contributed by atoms with Crippen LogP contribution in [0.15, 0.2) is 42.7 Å². The Morgan fingerprint density at radius 3 is 2.41 bits per heavy atom. The van der Waals surface area contributed by atoms with Gasteiger partial charge in [0.2, 0.25) is 17.8 Å². The van der Waals surface area contributed by atoms with E-state index in [0.717, 1.165) is 24.2 Å². The number of nitrogens with zero attached hydrogens (tertiary/aromatic N) is 5. The van der Waals surface area contributed by atoms with E-state index in [4.69, 9.17) is 4.74 Å². The SMILES string of the molecule is CCCCN1C(=O)C[C@H](C(=O)N2CCN(c3ncccn3)CC2)[C@H]1c1ccc(OC)cc1. The molecule has 8 heteroatoms. The lowest BCUT2D eigenvalue weighted by atomic mass is 9.92. The Morgan fingerprint density at radius 1 is 1.09 bits per heavy atom. The fourth-order valence-corrected chi connectivity index (χ4v) is 4.63. The second kappa shape index (κ2) is 9.97. The third-order valence-corrected chi connectivity index (χ3v) is 6.39. The fourth-order valence-electron chi connectivity index (χ4n) is 4.63. The molecule has 4 rings (SSSR count). The number of anilines is 1. The highest BCUT2D eigenvalue weighted by molar-refractivity contribution is 5.90. The molecule has 0 saturated carbocycles. The molecule has 8 nitrogen and oxygen atoms in total. The maximum Gasteiger partial charge on any atom is 0.228 e. The van der Waals surface area contributed by atoms with Gasteiger partial charge in [-0.25, -0.2) is 9.97 Å². The zero-order chi connectivity index (χ0) is 22.5. The lowest BCUT2D eigenvalue weighted by Crippen LogP contribution is -2.51. The number of amides is 2. The van der Waals surface area contributed by atoms with E-state index in [1.54, 1.807) is 25.6 Å². The molecule has 3 heterocycles. The standard InChI is InChI=1S/C24H31N5O3/c1-3-4-12-29-21(30)17-20(22(29)18-6-8-19(32-2)9-7-18)23(31)27-13-15-28(16-14-27)24-25-10-5-11-26-24/h5-11,20,22H,3-4,12-17H2,1-2H3/t20-,22+/m0/s1. The maximum atomic E-state index is 13.6. The zero-order valence-corrected chi connectivity index (χ0v) is 18.8. The number of carbonyl (C=O) groups is 2. The normalized spacial score (nSPS) is 21.2. The van der Waals surface area contributed by atoms with Crippen LogP contribution in [0, 0.1) is 5.92 Å². The van der Waals surface area contributed by atoms with E-state index < -0.39 is 0 Å². The van der Waals surface area contributed by atoms with Gasteiger partial charge in [-0.2, -0.15) is 0 Å². The van der Waals surface area contributed by atoms with Gasteiger partial charge in [0.15, 0.2) is 0 Å². The Morgan fingerprint density at radius 2 is 1.78 bits per heavy atom. The van der Waals surface area contributed by atoms with E-state index in [0.29, 0.717) is 38.7 Å². The van der Waals surface area contributed by atoms with Crippen LogP contribution in [0.4, 0.5) is 5.95 Å². The Kier molecular flexibility index (Phi) is 6.87. The van der Waals surface area contributed by atoms with E-state index in [2.05, 4.69) is 21.8 Å². The Balaban J connectivity index is 1.50. The van der Waals surface area contributed by atoms with Gasteiger partial charge in [0.25, 0.3) is 0 Å². The first-order chi connectivity index (χ1) is 15.6. The summed E-state index contributed by atoms with van der Waals surface area (Å²) in [5.74, 6) is 1.21. The first-order valence-electron chi connectivity index (χ1n) is 11.4. The summed E-state index contributed by atoms with van der Waals surface area (Å²) >= 11 is 0. The van der Waals surface area contributed by atoms with Gasteiger partial charge in [-0.05, 0) is 30.2 Å². The van der Waals surface area contributed by atoms with Crippen molar-refractivity contribution in [2.75, 3.05) is 44.7 Å². The molecule has 2 saturated heterocycles. The highest BCUT2D eigenvalue weighted by Gasteiger charge is 2.45. The number of ether oxygens (including phenoxy) is 1. The fraction of sp³-hybridized carbons (Fsp3) is 0.500. The lowest BCUT2D eigenvalue weighted by molar-refractivity contribution is -0.136. The van der Waals surface area contributed by atoms with Crippen molar-refractivity contribution >= 4 is 17.8 Å². The van der Waals surface area contributed by atoms with Crippen LogP contribution in [-0.4, -0.2) is 71.4 Å². The van der Waals surface area contributed by atoms with Gasteiger partial charge in [0.05, 0.1) is 19.1 Å². The summed E-state index contributed by atoms with van der Waals surface area (Å²) in [6.45, 7) is 5.36. The van der Waals surface area contributed by atoms with Crippen LogP contribution in [0.3, 0.4) is 0 Å². The maximum absolute atomic E-state index is 13.6. The summed E-state index contributed by atoms with van der Waals surface area (Å²) < 4.78 is 5.29. The second-order valence-electron chi connectivity index (χ2n) is 8.33. The van der Waals surface area contributed by atoms with Crippen LogP contribution in [0.1, 0.15) is 37.8 Å². The number of hydrogen-bond acceptors (Lipinski definition) is 6. The second-order valence-corrected chi connectivity index (χ2v) is 8.33. The Labute approximate surface area is 189 Å². The van der Waals surface area contributed by atoms with Crippen molar-refractivity contribution in [3.8, 4) is 5.75 Å². The molecule has 32 heavy (non-hydrogen) atoms. The van der Waals surface area contributed by atoms with Gasteiger partial charge in [0, 0.05) is 51.5 Å². The van der Waals surface area contributed by atoms with Crippen molar-refractivity contribution in [1.29, 1.82) is 0 Å². The molecule has 2 amide bonds. The zero-order valence-electron chi connectivity index (χ0n) is 18.8. The molecule has 0 aliphatic carbocycles. The molecular formula is C24H31N5O3. The van der Waals surface area contributed by atoms with Crippen molar-refractivity contribution in [2.24, 2.45) is 5.92 Å². The predicted molar refractivity (Wildman–Crippen MR) is 121 cm³/mol. The van der Waals surface area contributed by atoms with Crippen molar-refractivity contribution in [3.63, 3.8) is 0 Å². The quantitative estimate of drug-likeness (QED) is 0.662. The average Bonchev–Trinajstić information content (AvgIpc) is 3.18. The summed E-state index contributed by atoms with van der Waals surface area (Å²) in [4.78, 5) is 41.0. The summed E-state index contributed by atoms with van der Waals surface area (Å²) in [5, 5.41) is 0. The van der Waals surface area contributed by atoms with Crippen LogP contribution in [-0.2, 0) is 9.59 Å². The molecule has 1 aromatic heterocycles. The lowest BCUT2D eigenvalue weighted by Gasteiger charge is -2.37. The largest absolute Gasteiger partial charge is 0.497 e. The van der Waals surface area contributed by atoms with Crippen LogP contribution in [0.25, 0.3) is 0 Å². The van der Waals surface area contributed by atoms with Crippen LogP contribution >= 0.6 is 0 Å². The minimum Gasteiger partial charge on any atom is -0.497 e. The number of piperazine rings is 1. The molecule has 0 bridgehead atoms. The smallest absolute Gasteiger partial charge is 0.228 e. The Bertz CT molecular complexity index is 913. The van der Waals surface area contributed by atoms with Crippen LogP contribution in [0.2, 0.25) is 0 Å². The van der Waals surface area contributed by atoms with Gasteiger partial charge >= 0.3 is 0 Å². The molecule has 0 spiro atoms. The van der Waals surface area contributed by atoms with Crippen LogP contribution in [0.5, 0.6) is 5.75 Å². The molecule has 0 unspecified atom stereocenters. The van der Waals surface area contributed by atoms with Crippen molar-refractivity contribution in [1.82, 2.24) is 19.8 Å². The monoisotopic (exact) mass is 437 g/mol. The minimum atomic E-state index is -0.368. The predicted octanol–water partition coefficient (Wildman–Crippen LogP) is 2.52. The molecule has 0 N–H and O–H groups in total. The van der Waals surface area contributed by atoms with Crippen LogP contribution < -0.4 is 9.64 Å². The van der Waals surface area contributed by atoms with Crippen molar-refractivity contribution < 1.29 is 14.3 Å². The number of likely N-dealkylation sites (tertiary alicyclic amines) is 1. The summed E-state index contributed by atoms with van der Waals surface area (Å²) in [5.41, 5.74) is 0.988. The molecule has 1 aromatic carbocycles. The number of methoxy groups -OCH3 is 1. The third-order valence-electron chi connectivity index (χ3n) is 6.39. The minimum absolute atomic E-state index is 0.0618. The number of hydrogen-bond donors (Lipinski definition) is 0. The number of benzene rings is 1. The number of rotatable bonds is 7. The van der Waals surface area contributed by atoms with E-state index in [1.165, 1.54) is 0 Å². The molecule has 2 aromatic rings. The molecule has 2 fully saturated rings. The van der Waals surface area contributed by atoms with E-state index in [9.17, 15) is 9.59 Å². The molecule has 0 radical (unpaired) electrons. The topological polar surface area (TPSA) is 78.9 Å². The molecular weight excluding hydrogens is 406 g/mol. The summed E-state index contributed by atoms with van der Waals surface area (Å²) in [7, 11) is 1.63.